The maximum absolute atomic E-state index is 12.5. The number of hydrogen-bond acceptors (Lipinski definition) is 6. The zero-order valence-corrected chi connectivity index (χ0v) is 14.5. The van der Waals surface area contributed by atoms with Gasteiger partial charge in [0.2, 0.25) is 0 Å². The highest BCUT2D eigenvalue weighted by Gasteiger charge is 2.27. The first-order chi connectivity index (χ1) is 11.9. The molecule has 132 valence electrons. The molecule has 1 aliphatic heterocycles. The molecule has 1 aliphatic rings. The maximum atomic E-state index is 12.5. The minimum atomic E-state index is -0.458. The van der Waals surface area contributed by atoms with E-state index < -0.39 is 5.97 Å². The van der Waals surface area contributed by atoms with E-state index in [9.17, 15) is 14.9 Å². The molecule has 0 saturated carbocycles. The van der Waals surface area contributed by atoms with Crippen molar-refractivity contribution >= 4 is 17.6 Å². The molecule has 1 aromatic carbocycles. The van der Waals surface area contributed by atoms with Crippen molar-refractivity contribution in [3.8, 4) is 6.07 Å². The van der Waals surface area contributed by atoms with Gasteiger partial charge >= 0.3 is 5.97 Å². The van der Waals surface area contributed by atoms with Gasteiger partial charge in [0.05, 0.1) is 24.9 Å². The van der Waals surface area contributed by atoms with E-state index in [2.05, 4.69) is 10.1 Å². The Morgan fingerprint density at radius 3 is 2.64 bits per heavy atom. The number of esters is 1. The van der Waals surface area contributed by atoms with Gasteiger partial charge in [-0.1, -0.05) is 6.07 Å². The molecular weight excluding hydrogens is 322 g/mol. The SMILES string of the molecule is COC(=O)c1cccc(N/C=C(/C#N)C(=O)N2CC(C)OC(C)C2)c1. The molecule has 2 rings (SSSR count). The number of anilines is 1. The minimum Gasteiger partial charge on any atom is -0.465 e. The summed E-state index contributed by atoms with van der Waals surface area (Å²) < 4.78 is 10.3. The third-order valence-electron chi connectivity index (χ3n) is 3.72. The molecule has 0 aromatic heterocycles. The number of nitriles is 1. The van der Waals surface area contributed by atoms with Gasteiger partial charge in [-0.05, 0) is 32.0 Å². The lowest BCUT2D eigenvalue weighted by Gasteiger charge is -2.35. The van der Waals surface area contributed by atoms with E-state index in [-0.39, 0.29) is 23.7 Å². The summed E-state index contributed by atoms with van der Waals surface area (Å²) in [6, 6.07) is 8.53. The first kappa shape index (κ1) is 18.5. The van der Waals surface area contributed by atoms with E-state index in [1.165, 1.54) is 13.3 Å². The third kappa shape index (κ3) is 4.81. The van der Waals surface area contributed by atoms with Crippen molar-refractivity contribution in [2.45, 2.75) is 26.1 Å². The Morgan fingerprint density at radius 1 is 1.36 bits per heavy atom. The van der Waals surface area contributed by atoms with Crippen LogP contribution in [-0.4, -0.2) is 49.2 Å². The number of methoxy groups -OCH3 is 1. The summed E-state index contributed by atoms with van der Waals surface area (Å²) in [7, 11) is 1.30. The normalized spacial score (nSPS) is 20.6. The number of nitrogens with zero attached hydrogens (tertiary/aromatic N) is 2. The van der Waals surface area contributed by atoms with Gasteiger partial charge in [0.15, 0.2) is 0 Å². The van der Waals surface area contributed by atoms with Crippen LogP contribution in [0.25, 0.3) is 0 Å². The molecule has 0 spiro atoms. The molecule has 1 amide bonds. The van der Waals surface area contributed by atoms with Crippen molar-refractivity contribution in [2.75, 3.05) is 25.5 Å². The zero-order valence-electron chi connectivity index (χ0n) is 14.5. The summed E-state index contributed by atoms with van der Waals surface area (Å²) >= 11 is 0. The van der Waals surface area contributed by atoms with E-state index in [1.807, 2.05) is 19.9 Å². The molecule has 1 saturated heterocycles. The molecule has 1 fully saturated rings. The van der Waals surface area contributed by atoms with Gasteiger partial charge in [0.25, 0.3) is 5.91 Å². The monoisotopic (exact) mass is 343 g/mol. The van der Waals surface area contributed by atoms with Gasteiger partial charge in [-0.2, -0.15) is 5.26 Å². The van der Waals surface area contributed by atoms with E-state index in [0.717, 1.165) is 0 Å². The molecule has 0 radical (unpaired) electrons. The maximum Gasteiger partial charge on any atom is 0.337 e. The highest BCUT2D eigenvalue weighted by molar-refractivity contribution is 5.97. The molecule has 7 heteroatoms. The lowest BCUT2D eigenvalue weighted by molar-refractivity contribution is -0.138. The van der Waals surface area contributed by atoms with Crippen LogP contribution in [-0.2, 0) is 14.3 Å². The van der Waals surface area contributed by atoms with Crippen LogP contribution >= 0.6 is 0 Å². The fourth-order valence-corrected chi connectivity index (χ4v) is 2.67. The predicted molar refractivity (Wildman–Crippen MR) is 91.7 cm³/mol. The van der Waals surface area contributed by atoms with E-state index in [4.69, 9.17) is 4.74 Å². The molecule has 2 atom stereocenters. The van der Waals surface area contributed by atoms with Crippen LogP contribution in [0.2, 0.25) is 0 Å². The van der Waals surface area contributed by atoms with Crippen LogP contribution in [0.3, 0.4) is 0 Å². The summed E-state index contributed by atoms with van der Waals surface area (Å²) in [6.07, 6.45) is 1.21. The van der Waals surface area contributed by atoms with Gasteiger partial charge in [-0.25, -0.2) is 4.79 Å². The average Bonchev–Trinajstić information content (AvgIpc) is 2.60. The van der Waals surface area contributed by atoms with Crippen LogP contribution in [0.4, 0.5) is 5.69 Å². The van der Waals surface area contributed by atoms with Gasteiger partial charge in [0, 0.05) is 25.0 Å². The largest absolute Gasteiger partial charge is 0.465 e. The highest BCUT2D eigenvalue weighted by Crippen LogP contribution is 2.15. The van der Waals surface area contributed by atoms with Crippen LogP contribution in [0.1, 0.15) is 24.2 Å². The summed E-state index contributed by atoms with van der Waals surface area (Å²) in [5, 5.41) is 12.2. The Labute approximate surface area is 146 Å². The third-order valence-corrected chi connectivity index (χ3v) is 3.72. The molecule has 1 heterocycles. The molecule has 0 bridgehead atoms. The van der Waals surface area contributed by atoms with Crippen molar-refractivity contribution in [3.05, 3.63) is 41.6 Å². The number of nitrogens with one attached hydrogen (secondary N) is 1. The van der Waals surface area contributed by atoms with Crippen molar-refractivity contribution in [1.29, 1.82) is 5.26 Å². The second-order valence-corrected chi connectivity index (χ2v) is 5.85. The molecule has 1 aromatic rings. The molecular formula is C18H21N3O4. The Balaban J connectivity index is 2.11. The first-order valence-corrected chi connectivity index (χ1v) is 7.94. The van der Waals surface area contributed by atoms with Crippen molar-refractivity contribution in [1.82, 2.24) is 4.90 Å². The molecule has 0 aliphatic carbocycles. The zero-order chi connectivity index (χ0) is 18.4. The molecule has 2 unspecified atom stereocenters. The smallest absolute Gasteiger partial charge is 0.337 e. The van der Waals surface area contributed by atoms with Crippen LogP contribution < -0.4 is 5.32 Å². The molecule has 1 N–H and O–H groups in total. The fourth-order valence-electron chi connectivity index (χ4n) is 2.67. The number of carbonyl (C=O) groups excluding carboxylic acids is 2. The highest BCUT2D eigenvalue weighted by atomic mass is 16.5. The molecule has 7 nitrogen and oxygen atoms in total. The number of rotatable bonds is 4. The summed E-state index contributed by atoms with van der Waals surface area (Å²) in [5.41, 5.74) is 0.943. The van der Waals surface area contributed by atoms with Crippen LogP contribution in [0, 0.1) is 11.3 Å². The standard InChI is InChI=1S/C18H21N3O4/c1-12-10-21(11-13(2)25-12)17(22)15(8-19)9-20-16-6-4-5-14(7-16)18(23)24-3/h4-7,9,12-13,20H,10-11H2,1-3H3/b15-9-. The minimum absolute atomic E-state index is 0.00947. The number of benzene rings is 1. The number of morpholine rings is 1. The predicted octanol–water partition coefficient (Wildman–Crippen LogP) is 1.93. The average molecular weight is 343 g/mol. The summed E-state index contributed by atoms with van der Waals surface area (Å²) in [4.78, 5) is 25.7. The number of carbonyl (C=O) groups is 2. The van der Waals surface area contributed by atoms with Gasteiger partial charge in [-0.3, -0.25) is 4.79 Å². The van der Waals surface area contributed by atoms with E-state index >= 15 is 0 Å². The lowest BCUT2D eigenvalue weighted by atomic mass is 10.2. The van der Waals surface area contributed by atoms with E-state index in [0.29, 0.717) is 24.3 Å². The topological polar surface area (TPSA) is 91.7 Å². The quantitative estimate of drug-likeness (QED) is 0.510. The van der Waals surface area contributed by atoms with Crippen LogP contribution in [0.5, 0.6) is 0 Å². The summed E-state index contributed by atoms with van der Waals surface area (Å²) in [5.74, 6) is -0.804. The lowest BCUT2D eigenvalue weighted by Crippen LogP contribution is -2.48. The van der Waals surface area contributed by atoms with Gasteiger partial charge in [0.1, 0.15) is 11.6 Å². The summed E-state index contributed by atoms with van der Waals surface area (Å²) in [6.45, 7) is 4.67. The van der Waals surface area contributed by atoms with Gasteiger partial charge in [-0.15, -0.1) is 0 Å². The van der Waals surface area contributed by atoms with E-state index in [1.54, 1.807) is 29.2 Å². The van der Waals surface area contributed by atoms with Crippen molar-refractivity contribution in [2.24, 2.45) is 0 Å². The number of amides is 1. The Bertz CT molecular complexity index is 713. The second kappa shape index (κ2) is 8.31. The second-order valence-electron chi connectivity index (χ2n) is 5.85. The number of ether oxygens (including phenoxy) is 2. The fraction of sp³-hybridized carbons (Fsp3) is 0.389. The van der Waals surface area contributed by atoms with Crippen LogP contribution in [0.15, 0.2) is 36.0 Å². The molecule has 25 heavy (non-hydrogen) atoms. The van der Waals surface area contributed by atoms with Crippen molar-refractivity contribution in [3.63, 3.8) is 0 Å². The Hall–Kier alpha value is -2.85. The van der Waals surface area contributed by atoms with Crippen molar-refractivity contribution < 1.29 is 19.1 Å². The van der Waals surface area contributed by atoms with Gasteiger partial charge < -0.3 is 19.7 Å². The Morgan fingerprint density at radius 2 is 2.04 bits per heavy atom. The Kier molecular flexibility index (Phi) is 6.14. The first-order valence-electron chi connectivity index (χ1n) is 7.94. The number of hydrogen-bond donors (Lipinski definition) is 1.